The van der Waals surface area contributed by atoms with Crippen LogP contribution >= 0.6 is 23.5 Å². The molecule has 0 aromatic heterocycles. The molecule has 69 heavy (non-hydrogen) atoms. The average Bonchev–Trinajstić information content (AvgIpc) is 3.65. The normalized spacial score (nSPS) is 25.8. The minimum atomic E-state index is -0.736. The SMILES string of the molecule is CC[C@@H](C)C(=O)N[C@H]1CCS[C@H]2CC(C)(C)C(C(=O)N[C@H](COCCOCCOC[C@@H](NC(=O)[C@H]3N4C(=O)[C@@H](NC(=O)[C@H](C)CC)CCS[C@H]4CC3(C)C)c3ccccc3)c3ccccc3)N2C1=O. The van der Waals surface area contributed by atoms with E-state index >= 15 is 0 Å². The molecule has 1 unspecified atom stereocenters. The van der Waals surface area contributed by atoms with Gasteiger partial charge in [0.1, 0.15) is 24.2 Å². The molecule has 0 aliphatic carbocycles. The molecule has 4 N–H and O–H groups in total. The van der Waals surface area contributed by atoms with Crippen LogP contribution in [0.3, 0.4) is 0 Å². The van der Waals surface area contributed by atoms with Gasteiger partial charge in [0.15, 0.2) is 0 Å². The molecule has 0 spiro atoms. The van der Waals surface area contributed by atoms with E-state index < -0.39 is 47.1 Å². The topological polar surface area (TPSA) is 185 Å². The van der Waals surface area contributed by atoms with Crippen LogP contribution in [0, 0.1) is 22.7 Å². The van der Waals surface area contributed by atoms with Gasteiger partial charge in [-0.05, 0) is 72.0 Å². The third kappa shape index (κ3) is 13.6. The number of hydrogen-bond acceptors (Lipinski definition) is 11. The minimum absolute atomic E-state index is 0.149. The number of benzene rings is 2. The second-order valence-electron chi connectivity index (χ2n) is 20.4. The number of carbonyl (C=O) groups excluding carboxylic acids is 6. The van der Waals surface area contributed by atoms with E-state index in [0.717, 1.165) is 11.1 Å². The summed E-state index contributed by atoms with van der Waals surface area (Å²) in [6.07, 6.45) is 3.68. The van der Waals surface area contributed by atoms with Crippen LogP contribution in [-0.4, -0.2) is 131 Å². The molecule has 4 fully saturated rings. The lowest BCUT2D eigenvalue weighted by molar-refractivity contribution is -0.144. The van der Waals surface area contributed by atoms with Crippen molar-refractivity contribution in [1.29, 1.82) is 0 Å². The summed E-state index contributed by atoms with van der Waals surface area (Å²) in [6, 6.07) is 15.4. The molecule has 0 bridgehead atoms. The highest BCUT2D eigenvalue weighted by atomic mass is 32.2. The molecule has 15 nitrogen and oxygen atoms in total. The molecule has 6 rings (SSSR count). The zero-order chi connectivity index (χ0) is 49.9. The van der Waals surface area contributed by atoms with Crippen LogP contribution in [0.2, 0.25) is 0 Å². The average molecular weight is 993 g/mol. The van der Waals surface area contributed by atoms with Gasteiger partial charge in [-0.15, -0.1) is 23.5 Å². The molecule has 6 amide bonds. The molecule has 17 heteroatoms. The Balaban J connectivity index is 1.00. The number of amides is 6. The van der Waals surface area contributed by atoms with E-state index in [1.54, 1.807) is 33.3 Å². The third-order valence-electron chi connectivity index (χ3n) is 14.2. The fourth-order valence-electron chi connectivity index (χ4n) is 9.76. The number of ether oxygens (including phenoxy) is 3. The van der Waals surface area contributed by atoms with E-state index in [4.69, 9.17) is 14.2 Å². The summed E-state index contributed by atoms with van der Waals surface area (Å²) in [7, 11) is 0. The molecule has 0 radical (unpaired) electrons. The molecule has 2 aromatic rings. The Kier molecular flexibility index (Phi) is 19.5. The van der Waals surface area contributed by atoms with Gasteiger partial charge in [-0.2, -0.15) is 0 Å². The first-order valence-electron chi connectivity index (χ1n) is 24.9. The van der Waals surface area contributed by atoms with E-state index in [1.807, 2.05) is 116 Å². The number of nitrogens with zero attached hydrogens (tertiary/aromatic N) is 2. The Morgan fingerprint density at radius 3 is 1.33 bits per heavy atom. The van der Waals surface area contributed by atoms with E-state index in [-0.39, 0.29) is 97.7 Å². The molecular weight excluding hydrogens is 917 g/mol. The molecule has 380 valence electrons. The quantitative estimate of drug-likeness (QED) is 0.102. The van der Waals surface area contributed by atoms with Crippen molar-refractivity contribution in [2.75, 3.05) is 51.1 Å². The summed E-state index contributed by atoms with van der Waals surface area (Å²) in [5.41, 5.74) is 0.716. The highest BCUT2D eigenvalue weighted by Crippen LogP contribution is 2.48. The first-order chi connectivity index (χ1) is 33.0. The third-order valence-corrected chi connectivity index (χ3v) is 16.7. The van der Waals surface area contributed by atoms with Crippen LogP contribution in [0.15, 0.2) is 60.7 Å². The lowest BCUT2D eigenvalue weighted by Crippen LogP contribution is -2.57. The predicted molar refractivity (Wildman–Crippen MR) is 270 cm³/mol. The summed E-state index contributed by atoms with van der Waals surface area (Å²) in [4.78, 5) is 86.2. The minimum Gasteiger partial charge on any atom is -0.377 e. The number of nitrogens with one attached hydrogen (secondary N) is 4. The second kappa shape index (κ2) is 24.8. The maximum Gasteiger partial charge on any atom is 0.246 e. The first-order valence-corrected chi connectivity index (χ1v) is 27.0. The summed E-state index contributed by atoms with van der Waals surface area (Å²) in [6.45, 7) is 17.1. The maximum atomic E-state index is 14.4. The lowest BCUT2D eigenvalue weighted by atomic mass is 9.83. The Labute approximate surface area is 417 Å². The van der Waals surface area contributed by atoms with Crippen molar-refractivity contribution >= 4 is 59.0 Å². The van der Waals surface area contributed by atoms with Crippen LogP contribution < -0.4 is 21.3 Å². The molecular formula is C52H76N6O9S2. The van der Waals surface area contributed by atoms with Gasteiger partial charge in [0, 0.05) is 11.8 Å². The van der Waals surface area contributed by atoms with Gasteiger partial charge in [-0.3, -0.25) is 28.8 Å². The van der Waals surface area contributed by atoms with Gasteiger partial charge < -0.3 is 45.3 Å². The van der Waals surface area contributed by atoms with Crippen LogP contribution in [0.4, 0.5) is 0 Å². The number of rotatable bonds is 22. The van der Waals surface area contributed by atoms with Gasteiger partial charge in [-0.1, -0.05) is 116 Å². The molecule has 2 aromatic carbocycles. The fourth-order valence-corrected chi connectivity index (χ4v) is 12.9. The summed E-state index contributed by atoms with van der Waals surface area (Å²) in [5, 5.41) is 12.1. The van der Waals surface area contributed by atoms with Crippen molar-refractivity contribution < 1.29 is 43.0 Å². The molecule has 4 saturated heterocycles. The van der Waals surface area contributed by atoms with E-state index in [1.165, 1.54) is 0 Å². The maximum absolute atomic E-state index is 14.4. The van der Waals surface area contributed by atoms with E-state index in [2.05, 4.69) is 21.3 Å². The number of carbonyl (C=O) groups is 6. The van der Waals surface area contributed by atoms with Crippen molar-refractivity contribution in [3.8, 4) is 0 Å². The van der Waals surface area contributed by atoms with Gasteiger partial charge in [0.05, 0.1) is 62.5 Å². The standard InChI is InChI=1S/C52H76N6O9S2/c1-9-33(3)45(59)53-37-21-27-68-41-29-51(5,6)43(57(41)49(37)63)47(61)55-39(35-17-13-11-14-18-35)31-66-25-23-65-24-26-67-32-40(36-19-15-12-16-20-36)56-48(62)44-52(7,8)30-42-58(44)50(64)38(22-28-69-42)54-46(60)34(4)10-2/h11-20,33-34,37-44H,9-10,21-32H2,1-8H3,(H,53,59)(H,54,60)(H,55,61)(H,56,62)/t33-,34-,37+,38+,39-,40-,41+,42+,43-,44?/m1/s1. The molecule has 4 heterocycles. The highest BCUT2D eigenvalue weighted by molar-refractivity contribution is 8.00. The lowest BCUT2D eigenvalue weighted by Gasteiger charge is -2.35. The van der Waals surface area contributed by atoms with Crippen LogP contribution in [0.5, 0.6) is 0 Å². The van der Waals surface area contributed by atoms with Crippen LogP contribution in [-0.2, 0) is 43.0 Å². The zero-order valence-electron chi connectivity index (χ0n) is 41.8. The fraction of sp³-hybridized carbons (Fsp3) is 0.654. The zero-order valence-corrected chi connectivity index (χ0v) is 43.5. The monoisotopic (exact) mass is 993 g/mol. The van der Waals surface area contributed by atoms with Crippen LogP contribution in [0.1, 0.15) is 117 Å². The first kappa shape index (κ1) is 54.2. The Morgan fingerprint density at radius 2 is 0.971 bits per heavy atom. The van der Waals surface area contributed by atoms with Crippen molar-refractivity contribution in [2.45, 2.75) is 141 Å². The molecule has 10 atom stereocenters. The molecule has 4 aliphatic heterocycles. The van der Waals surface area contributed by atoms with E-state index in [0.29, 0.717) is 50.0 Å². The Bertz CT molecular complexity index is 1920. The van der Waals surface area contributed by atoms with Crippen LogP contribution in [0.25, 0.3) is 0 Å². The van der Waals surface area contributed by atoms with Crippen molar-refractivity contribution in [2.24, 2.45) is 22.7 Å². The summed E-state index contributed by atoms with van der Waals surface area (Å²) in [5.74, 6) is -0.264. The largest absolute Gasteiger partial charge is 0.377 e. The van der Waals surface area contributed by atoms with E-state index in [9.17, 15) is 28.8 Å². The Hall–Kier alpha value is -4.16. The number of hydrogen-bond donors (Lipinski definition) is 4. The van der Waals surface area contributed by atoms with Gasteiger partial charge in [-0.25, -0.2) is 0 Å². The van der Waals surface area contributed by atoms with Gasteiger partial charge in [0.25, 0.3) is 0 Å². The number of thioether (sulfide) groups is 2. The second-order valence-corrected chi connectivity index (χ2v) is 22.9. The smallest absolute Gasteiger partial charge is 0.246 e. The highest BCUT2D eigenvalue weighted by Gasteiger charge is 2.56. The Morgan fingerprint density at radius 1 is 0.609 bits per heavy atom. The summed E-state index contributed by atoms with van der Waals surface area (Å²) >= 11 is 3.34. The van der Waals surface area contributed by atoms with Crippen molar-refractivity contribution in [3.05, 3.63) is 71.8 Å². The van der Waals surface area contributed by atoms with Crippen molar-refractivity contribution in [3.63, 3.8) is 0 Å². The van der Waals surface area contributed by atoms with Gasteiger partial charge in [0.2, 0.25) is 35.4 Å². The van der Waals surface area contributed by atoms with Crippen molar-refractivity contribution in [1.82, 2.24) is 31.1 Å². The summed E-state index contributed by atoms with van der Waals surface area (Å²) < 4.78 is 18.1. The molecule has 0 saturated carbocycles. The molecule has 4 aliphatic rings. The predicted octanol–water partition coefficient (Wildman–Crippen LogP) is 5.99. The van der Waals surface area contributed by atoms with Gasteiger partial charge >= 0.3 is 0 Å². The number of fused-ring (bicyclic) bond motifs is 2.